The number of pyridine rings is 2. The van der Waals surface area contributed by atoms with E-state index in [9.17, 15) is 4.79 Å². The van der Waals surface area contributed by atoms with Crippen molar-refractivity contribution in [2.75, 3.05) is 5.32 Å². The minimum absolute atomic E-state index is 0.104. The summed E-state index contributed by atoms with van der Waals surface area (Å²) >= 11 is 3.21. The lowest BCUT2D eigenvalue weighted by Gasteiger charge is -2.06. The molecule has 2 heterocycles. The predicted molar refractivity (Wildman–Crippen MR) is 78.3 cm³/mol. The maximum Gasteiger partial charge on any atom is 0.239 e. The maximum atomic E-state index is 11.5. The van der Waals surface area contributed by atoms with Gasteiger partial charge in [0.1, 0.15) is 5.82 Å². The summed E-state index contributed by atoms with van der Waals surface area (Å²) in [5, 5.41) is 2.72. The van der Waals surface area contributed by atoms with Crippen LogP contribution in [0.5, 0.6) is 0 Å². The highest BCUT2D eigenvalue weighted by atomic mass is 79.9. The molecule has 1 unspecified atom stereocenters. The number of carbonyl (C=O) groups is 1. The molecule has 1 atom stereocenters. The number of nitrogens with zero attached hydrogens (tertiary/aromatic N) is 2. The summed E-state index contributed by atoms with van der Waals surface area (Å²) in [5.74, 6) is 0.457. The van der Waals surface area contributed by atoms with E-state index < -0.39 is 0 Å². The first kappa shape index (κ1) is 13.7. The summed E-state index contributed by atoms with van der Waals surface area (Å²) in [6.07, 6.45) is 6.13. The van der Waals surface area contributed by atoms with Crippen LogP contribution in [0.25, 0.3) is 0 Å². The van der Waals surface area contributed by atoms with Crippen molar-refractivity contribution in [2.45, 2.75) is 18.2 Å². The zero-order valence-electron chi connectivity index (χ0n) is 10.5. The highest BCUT2D eigenvalue weighted by Gasteiger charge is 2.09. The molecule has 19 heavy (non-hydrogen) atoms. The molecule has 0 aliphatic rings. The lowest BCUT2D eigenvalue weighted by atomic mass is 10.1. The second kappa shape index (κ2) is 6.43. The zero-order chi connectivity index (χ0) is 13.7. The van der Waals surface area contributed by atoms with Gasteiger partial charge in [-0.1, -0.05) is 28.1 Å². The normalized spacial score (nSPS) is 11.9. The Balaban J connectivity index is 2.01. The standard InChI is InChI=1S/C14H14BrN3O/c1-10(15)14(19)18-13-5-4-12(9-17-13)7-11-3-2-6-16-8-11/h2-6,8-10H,7H2,1H3,(H,17,18,19). The average Bonchev–Trinajstić information content (AvgIpc) is 2.42. The van der Waals surface area contributed by atoms with Crippen LogP contribution < -0.4 is 5.32 Å². The Hall–Kier alpha value is -1.75. The molecule has 0 saturated heterocycles. The molecule has 4 nitrogen and oxygen atoms in total. The van der Waals surface area contributed by atoms with E-state index in [-0.39, 0.29) is 10.7 Å². The third kappa shape index (κ3) is 4.13. The molecule has 2 rings (SSSR count). The minimum atomic E-state index is -0.232. The molecule has 2 aromatic rings. The summed E-state index contributed by atoms with van der Waals surface area (Å²) in [4.78, 5) is 19.5. The van der Waals surface area contributed by atoms with Gasteiger partial charge in [-0.2, -0.15) is 0 Å². The minimum Gasteiger partial charge on any atom is -0.310 e. The predicted octanol–water partition coefficient (Wildman–Crippen LogP) is 2.79. The Bertz CT molecular complexity index is 540. The van der Waals surface area contributed by atoms with Gasteiger partial charge in [0.25, 0.3) is 0 Å². The third-order valence-electron chi connectivity index (χ3n) is 2.57. The van der Waals surface area contributed by atoms with Gasteiger partial charge in [-0.05, 0) is 30.2 Å². The van der Waals surface area contributed by atoms with E-state index in [1.165, 1.54) is 0 Å². The largest absolute Gasteiger partial charge is 0.310 e. The van der Waals surface area contributed by atoms with Crippen molar-refractivity contribution in [1.82, 2.24) is 9.97 Å². The molecule has 1 amide bonds. The summed E-state index contributed by atoms with van der Waals surface area (Å²) in [6, 6.07) is 7.69. The number of halogens is 1. The average molecular weight is 320 g/mol. The van der Waals surface area contributed by atoms with Crippen LogP contribution in [0.2, 0.25) is 0 Å². The molecular formula is C14H14BrN3O. The summed E-state index contributed by atoms with van der Waals surface area (Å²) < 4.78 is 0. The molecule has 0 fully saturated rings. The van der Waals surface area contributed by atoms with Crippen LogP contribution >= 0.6 is 15.9 Å². The first-order valence-corrected chi connectivity index (χ1v) is 6.85. The highest BCUT2D eigenvalue weighted by Crippen LogP contribution is 2.11. The Morgan fingerprint density at radius 3 is 2.68 bits per heavy atom. The number of alkyl halides is 1. The molecule has 1 N–H and O–H groups in total. The monoisotopic (exact) mass is 319 g/mol. The molecule has 0 saturated carbocycles. The molecule has 0 radical (unpaired) electrons. The van der Waals surface area contributed by atoms with Crippen LogP contribution in [0.1, 0.15) is 18.1 Å². The van der Waals surface area contributed by atoms with Gasteiger partial charge in [0.05, 0.1) is 4.83 Å². The van der Waals surface area contributed by atoms with Gasteiger partial charge in [0, 0.05) is 25.0 Å². The van der Waals surface area contributed by atoms with Gasteiger partial charge in [0.15, 0.2) is 0 Å². The SMILES string of the molecule is CC(Br)C(=O)Nc1ccc(Cc2cccnc2)cn1. The van der Waals surface area contributed by atoms with Crippen LogP contribution in [0.4, 0.5) is 5.82 Å². The zero-order valence-corrected chi connectivity index (χ0v) is 12.1. The lowest BCUT2D eigenvalue weighted by molar-refractivity contribution is -0.115. The summed E-state index contributed by atoms with van der Waals surface area (Å²) in [7, 11) is 0. The fraction of sp³-hybridized carbons (Fsp3) is 0.214. The Kier molecular flexibility index (Phi) is 4.63. The van der Waals surface area contributed by atoms with Crippen molar-refractivity contribution in [3.63, 3.8) is 0 Å². The van der Waals surface area contributed by atoms with Gasteiger partial charge in [-0.15, -0.1) is 0 Å². The first-order chi connectivity index (χ1) is 9.15. The van der Waals surface area contributed by atoms with Gasteiger partial charge < -0.3 is 5.32 Å². The van der Waals surface area contributed by atoms with E-state index in [2.05, 4.69) is 31.2 Å². The molecule has 2 aromatic heterocycles. The van der Waals surface area contributed by atoms with Gasteiger partial charge in [0.2, 0.25) is 5.91 Å². The number of amides is 1. The van der Waals surface area contributed by atoms with E-state index in [1.807, 2.05) is 24.4 Å². The van der Waals surface area contributed by atoms with Crippen LogP contribution in [0.3, 0.4) is 0 Å². The fourth-order valence-corrected chi connectivity index (χ4v) is 1.68. The van der Waals surface area contributed by atoms with Crippen molar-refractivity contribution in [2.24, 2.45) is 0 Å². The van der Waals surface area contributed by atoms with E-state index in [0.29, 0.717) is 5.82 Å². The third-order valence-corrected chi connectivity index (χ3v) is 2.98. The Morgan fingerprint density at radius 1 is 1.32 bits per heavy atom. The van der Waals surface area contributed by atoms with Gasteiger partial charge >= 0.3 is 0 Å². The van der Waals surface area contributed by atoms with Crippen LogP contribution in [-0.2, 0) is 11.2 Å². The van der Waals surface area contributed by atoms with Crippen LogP contribution in [0, 0.1) is 0 Å². The number of hydrogen-bond donors (Lipinski definition) is 1. The highest BCUT2D eigenvalue weighted by molar-refractivity contribution is 9.10. The Labute approximate surface area is 120 Å². The van der Waals surface area contributed by atoms with Crippen molar-refractivity contribution >= 4 is 27.7 Å². The number of rotatable bonds is 4. The second-order valence-electron chi connectivity index (χ2n) is 4.19. The van der Waals surface area contributed by atoms with Gasteiger partial charge in [-0.3, -0.25) is 9.78 Å². The van der Waals surface area contributed by atoms with E-state index >= 15 is 0 Å². The second-order valence-corrected chi connectivity index (χ2v) is 5.57. The molecule has 0 spiro atoms. The van der Waals surface area contributed by atoms with Crippen molar-refractivity contribution in [3.8, 4) is 0 Å². The summed E-state index contributed by atoms with van der Waals surface area (Å²) in [5.41, 5.74) is 2.22. The molecular weight excluding hydrogens is 306 g/mol. The van der Waals surface area contributed by atoms with Crippen LogP contribution in [0.15, 0.2) is 42.9 Å². The van der Waals surface area contributed by atoms with E-state index in [0.717, 1.165) is 17.5 Å². The van der Waals surface area contributed by atoms with Crippen molar-refractivity contribution in [3.05, 3.63) is 54.0 Å². The van der Waals surface area contributed by atoms with E-state index in [1.54, 1.807) is 25.4 Å². The maximum absolute atomic E-state index is 11.5. The molecule has 0 aliphatic carbocycles. The number of carbonyl (C=O) groups excluding carboxylic acids is 1. The summed E-state index contributed by atoms with van der Waals surface area (Å²) in [6.45, 7) is 1.77. The number of hydrogen-bond acceptors (Lipinski definition) is 3. The van der Waals surface area contributed by atoms with Crippen molar-refractivity contribution in [1.29, 1.82) is 0 Å². The topological polar surface area (TPSA) is 54.9 Å². The fourth-order valence-electron chi connectivity index (χ4n) is 1.57. The quantitative estimate of drug-likeness (QED) is 0.882. The number of aromatic nitrogens is 2. The molecule has 98 valence electrons. The molecule has 0 bridgehead atoms. The molecule has 0 aromatic carbocycles. The Morgan fingerprint density at radius 2 is 2.11 bits per heavy atom. The first-order valence-electron chi connectivity index (χ1n) is 5.94. The lowest BCUT2D eigenvalue weighted by Crippen LogP contribution is -2.20. The van der Waals surface area contributed by atoms with Crippen LogP contribution in [-0.4, -0.2) is 20.7 Å². The number of anilines is 1. The number of nitrogens with one attached hydrogen (secondary N) is 1. The van der Waals surface area contributed by atoms with Crippen molar-refractivity contribution < 1.29 is 4.79 Å². The molecule has 5 heteroatoms. The molecule has 0 aliphatic heterocycles. The van der Waals surface area contributed by atoms with E-state index in [4.69, 9.17) is 0 Å². The smallest absolute Gasteiger partial charge is 0.239 e. The van der Waals surface area contributed by atoms with Gasteiger partial charge in [-0.25, -0.2) is 4.98 Å².